The number of hydrogen-bond acceptors (Lipinski definition) is 4. The van der Waals surface area contributed by atoms with Crippen molar-refractivity contribution in [3.8, 4) is 0 Å². The highest BCUT2D eigenvalue weighted by Crippen LogP contribution is 2.51. The smallest absolute Gasteiger partial charge is 0.168 e. The maximum atomic E-state index is 11.2. The quantitative estimate of drug-likeness (QED) is 0.684. The van der Waals surface area contributed by atoms with Crippen molar-refractivity contribution in [3.05, 3.63) is 0 Å². The normalized spacial score (nSPS) is 43.8. The van der Waals surface area contributed by atoms with E-state index in [2.05, 4.69) is 0 Å². The SMILES string of the molecule is CO[C@H]1C[C@H]2CC3(CC[C@H]2[C@H]1C=O)OCCO3. The van der Waals surface area contributed by atoms with Crippen LogP contribution < -0.4 is 0 Å². The zero-order valence-corrected chi connectivity index (χ0v) is 10.3. The van der Waals surface area contributed by atoms with Gasteiger partial charge in [-0.2, -0.15) is 0 Å². The molecule has 4 heteroatoms. The van der Waals surface area contributed by atoms with Gasteiger partial charge in [0.2, 0.25) is 0 Å². The number of rotatable bonds is 2. The van der Waals surface area contributed by atoms with Crippen LogP contribution in [0.4, 0.5) is 0 Å². The maximum Gasteiger partial charge on any atom is 0.168 e. The average molecular weight is 240 g/mol. The van der Waals surface area contributed by atoms with Crippen molar-refractivity contribution < 1.29 is 19.0 Å². The average Bonchev–Trinajstić information content (AvgIpc) is 2.93. The zero-order valence-electron chi connectivity index (χ0n) is 10.3. The van der Waals surface area contributed by atoms with Gasteiger partial charge in [-0.25, -0.2) is 0 Å². The van der Waals surface area contributed by atoms with Crippen molar-refractivity contribution in [3.63, 3.8) is 0 Å². The Morgan fingerprint density at radius 3 is 2.76 bits per heavy atom. The minimum Gasteiger partial charge on any atom is -0.381 e. The minimum atomic E-state index is -0.336. The third-order valence-corrected chi connectivity index (χ3v) is 4.77. The predicted octanol–water partition coefficient (Wildman–Crippen LogP) is 1.38. The Hall–Kier alpha value is -0.450. The van der Waals surface area contributed by atoms with Gasteiger partial charge in [0, 0.05) is 25.9 Å². The summed E-state index contributed by atoms with van der Waals surface area (Å²) in [5, 5.41) is 0. The summed E-state index contributed by atoms with van der Waals surface area (Å²) in [4.78, 5) is 11.2. The standard InChI is InChI=1S/C13H20O4/c1-15-12-6-9-7-13(16-4-5-17-13)3-2-10(9)11(12)8-14/h8-12H,2-7H2,1H3/t9-,10+,11+,12-/m0/s1. The Bertz CT molecular complexity index is 298. The van der Waals surface area contributed by atoms with Crippen LogP contribution in [0.3, 0.4) is 0 Å². The third-order valence-electron chi connectivity index (χ3n) is 4.77. The van der Waals surface area contributed by atoms with Gasteiger partial charge in [0.05, 0.1) is 19.3 Å². The van der Waals surface area contributed by atoms with Crippen LogP contribution in [0, 0.1) is 17.8 Å². The van der Waals surface area contributed by atoms with Gasteiger partial charge in [-0.05, 0) is 24.7 Å². The van der Waals surface area contributed by atoms with E-state index in [1.165, 1.54) is 0 Å². The Kier molecular flexibility index (Phi) is 2.97. The lowest BCUT2D eigenvalue weighted by atomic mass is 9.75. The highest BCUT2D eigenvalue weighted by atomic mass is 16.7. The number of methoxy groups -OCH3 is 1. The molecule has 4 atom stereocenters. The van der Waals surface area contributed by atoms with Gasteiger partial charge < -0.3 is 19.0 Å². The molecule has 0 amide bonds. The summed E-state index contributed by atoms with van der Waals surface area (Å²) in [7, 11) is 1.71. The molecule has 1 aliphatic heterocycles. The first-order valence-corrected chi connectivity index (χ1v) is 6.54. The second-order valence-corrected chi connectivity index (χ2v) is 5.50. The molecule has 3 rings (SSSR count). The van der Waals surface area contributed by atoms with E-state index in [0.717, 1.165) is 32.0 Å². The van der Waals surface area contributed by atoms with Crippen LogP contribution in [0.5, 0.6) is 0 Å². The van der Waals surface area contributed by atoms with Gasteiger partial charge in [0.15, 0.2) is 5.79 Å². The molecule has 0 radical (unpaired) electrons. The molecule has 0 unspecified atom stereocenters. The molecule has 96 valence electrons. The van der Waals surface area contributed by atoms with Crippen LogP contribution in [0.25, 0.3) is 0 Å². The van der Waals surface area contributed by atoms with Gasteiger partial charge in [0.25, 0.3) is 0 Å². The number of hydrogen-bond donors (Lipinski definition) is 0. The topological polar surface area (TPSA) is 44.8 Å². The van der Waals surface area contributed by atoms with Gasteiger partial charge in [-0.1, -0.05) is 0 Å². The highest BCUT2D eigenvalue weighted by Gasteiger charge is 2.52. The molecule has 0 aromatic heterocycles. The van der Waals surface area contributed by atoms with Crippen LogP contribution in [0.1, 0.15) is 25.7 Å². The van der Waals surface area contributed by atoms with Crippen molar-refractivity contribution in [1.29, 1.82) is 0 Å². The van der Waals surface area contributed by atoms with E-state index >= 15 is 0 Å². The number of carbonyl (C=O) groups excluding carboxylic acids is 1. The molecule has 0 N–H and O–H groups in total. The second kappa shape index (κ2) is 4.34. The zero-order chi connectivity index (χ0) is 11.9. The predicted molar refractivity (Wildman–Crippen MR) is 60.4 cm³/mol. The molecule has 1 saturated heterocycles. The molecule has 3 aliphatic rings. The maximum absolute atomic E-state index is 11.2. The Morgan fingerprint density at radius 2 is 2.12 bits per heavy atom. The molecule has 2 saturated carbocycles. The number of fused-ring (bicyclic) bond motifs is 1. The van der Waals surface area contributed by atoms with Crippen LogP contribution >= 0.6 is 0 Å². The van der Waals surface area contributed by atoms with Gasteiger partial charge in [-0.15, -0.1) is 0 Å². The van der Waals surface area contributed by atoms with Crippen molar-refractivity contribution in [2.45, 2.75) is 37.6 Å². The summed E-state index contributed by atoms with van der Waals surface area (Å²) in [6, 6.07) is 0. The fourth-order valence-electron chi connectivity index (χ4n) is 3.97. The molecule has 2 aliphatic carbocycles. The number of carbonyl (C=O) groups is 1. The van der Waals surface area contributed by atoms with Crippen LogP contribution in [-0.4, -0.2) is 38.5 Å². The molecule has 4 nitrogen and oxygen atoms in total. The first kappa shape index (κ1) is 11.6. The third kappa shape index (κ3) is 1.83. The summed E-state index contributed by atoms with van der Waals surface area (Å²) in [6.07, 6.45) is 5.04. The summed E-state index contributed by atoms with van der Waals surface area (Å²) >= 11 is 0. The number of aldehydes is 1. The molecular formula is C13H20O4. The van der Waals surface area contributed by atoms with Crippen molar-refractivity contribution in [2.75, 3.05) is 20.3 Å². The molecule has 0 bridgehead atoms. The monoisotopic (exact) mass is 240 g/mol. The molecular weight excluding hydrogens is 220 g/mol. The van der Waals surface area contributed by atoms with E-state index in [4.69, 9.17) is 14.2 Å². The van der Waals surface area contributed by atoms with E-state index in [1.807, 2.05) is 0 Å². The second-order valence-electron chi connectivity index (χ2n) is 5.50. The summed E-state index contributed by atoms with van der Waals surface area (Å²) in [5.74, 6) is 0.721. The van der Waals surface area contributed by atoms with Crippen molar-refractivity contribution in [2.24, 2.45) is 17.8 Å². The van der Waals surface area contributed by atoms with Crippen LogP contribution in [0.2, 0.25) is 0 Å². The Labute approximate surface area is 102 Å². The molecule has 17 heavy (non-hydrogen) atoms. The summed E-state index contributed by atoms with van der Waals surface area (Å²) in [5.41, 5.74) is 0. The van der Waals surface area contributed by atoms with Crippen molar-refractivity contribution in [1.82, 2.24) is 0 Å². The minimum absolute atomic E-state index is 0.0729. The number of ether oxygens (including phenoxy) is 3. The summed E-state index contributed by atoms with van der Waals surface area (Å²) in [6.45, 7) is 1.42. The lowest BCUT2D eigenvalue weighted by molar-refractivity contribution is -0.193. The lowest BCUT2D eigenvalue weighted by Crippen LogP contribution is -2.40. The highest BCUT2D eigenvalue weighted by molar-refractivity contribution is 5.56. The van der Waals surface area contributed by atoms with Gasteiger partial charge in [-0.3, -0.25) is 0 Å². The van der Waals surface area contributed by atoms with Gasteiger partial charge >= 0.3 is 0 Å². The van der Waals surface area contributed by atoms with E-state index in [1.54, 1.807) is 7.11 Å². The Morgan fingerprint density at radius 1 is 1.35 bits per heavy atom. The molecule has 1 heterocycles. The summed E-state index contributed by atoms with van der Waals surface area (Å²) < 4.78 is 17.0. The molecule has 3 fully saturated rings. The van der Waals surface area contributed by atoms with E-state index in [-0.39, 0.29) is 17.8 Å². The molecule has 0 aromatic rings. The largest absolute Gasteiger partial charge is 0.381 e. The lowest BCUT2D eigenvalue weighted by Gasteiger charge is -2.38. The van der Waals surface area contributed by atoms with Crippen LogP contribution in [-0.2, 0) is 19.0 Å². The van der Waals surface area contributed by atoms with E-state index in [9.17, 15) is 4.79 Å². The fourth-order valence-corrected chi connectivity index (χ4v) is 3.97. The van der Waals surface area contributed by atoms with E-state index in [0.29, 0.717) is 25.0 Å². The molecule has 1 spiro atoms. The first-order chi connectivity index (χ1) is 8.28. The Balaban J connectivity index is 1.74. The van der Waals surface area contributed by atoms with Crippen molar-refractivity contribution >= 4 is 6.29 Å². The molecule has 0 aromatic carbocycles. The fraction of sp³-hybridized carbons (Fsp3) is 0.923. The van der Waals surface area contributed by atoms with Gasteiger partial charge in [0.1, 0.15) is 6.29 Å². The van der Waals surface area contributed by atoms with Crippen LogP contribution in [0.15, 0.2) is 0 Å². The van der Waals surface area contributed by atoms with E-state index < -0.39 is 0 Å². The first-order valence-electron chi connectivity index (χ1n) is 6.54.